The van der Waals surface area contributed by atoms with Crippen molar-refractivity contribution >= 4 is 66.4 Å². The summed E-state index contributed by atoms with van der Waals surface area (Å²) in [5, 5.41) is 23.9. The molecule has 0 radical (unpaired) electrons. The number of benzene rings is 9. The molecule has 0 saturated heterocycles. The van der Waals surface area contributed by atoms with Gasteiger partial charge in [0.25, 0.3) is 0 Å². The van der Waals surface area contributed by atoms with Gasteiger partial charge in [-0.3, -0.25) is 9.97 Å². The zero-order valence-electron chi connectivity index (χ0n) is 64.8. The number of fused-ring (bicyclic) bond motifs is 4. The van der Waals surface area contributed by atoms with Gasteiger partial charge in [-0.05, 0) is 330 Å². The Hall–Kier alpha value is -13.2. The van der Waals surface area contributed by atoms with E-state index in [1.54, 1.807) is 26.4 Å². The Morgan fingerprint density at radius 3 is 1.02 bits per heavy atom. The Balaban J connectivity index is 0.000000129. The number of phenols is 1. The van der Waals surface area contributed by atoms with E-state index in [1.165, 1.54) is 55.6 Å². The second-order valence-electron chi connectivity index (χ2n) is 28.9. The van der Waals surface area contributed by atoms with Gasteiger partial charge >= 0.3 is 0 Å². The molecule has 1 saturated carbocycles. The number of aryl methyl sites for hydroxylation is 8. The van der Waals surface area contributed by atoms with Gasteiger partial charge in [-0.25, -0.2) is 19.4 Å². The largest absolute Gasteiger partial charge is 0.508 e. The average Bonchev–Trinajstić information content (AvgIpc) is 1.62. The van der Waals surface area contributed by atoms with E-state index < -0.39 is 0 Å². The highest BCUT2D eigenvalue weighted by Crippen LogP contribution is 2.45. The van der Waals surface area contributed by atoms with Gasteiger partial charge in [0.05, 0.1) is 63.2 Å². The molecule has 6 aromatic heterocycles. The zero-order chi connectivity index (χ0) is 77.9. The summed E-state index contributed by atoms with van der Waals surface area (Å²) in [5.41, 5.74) is 33.1. The van der Waals surface area contributed by atoms with Crippen LogP contribution < -0.4 is 9.47 Å². The predicted molar refractivity (Wildman–Crippen MR) is 449 cm³/mol. The Labute approximate surface area is 644 Å². The second kappa shape index (κ2) is 31.7. The third-order valence-corrected chi connectivity index (χ3v) is 22.2. The van der Waals surface area contributed by atoms with E-state index in [0.29, 0.717) is 28.8 Å². The molecule has 14 nitrogen and oxygen atoms in total. The number of aromatic hydroxyl groups is 1. The highest BCUT2D eigenvalue weighted by Gasteiger charge is 2.26. The number of aliphatic hydroxyl groups is 1. The van der Waals surface area contributed by atoms with Gasteiger partial charge in [0.2, 0.25) is 0 Å². The van der Waals surface area contributed by atoms with Crippen LogP contribution in [0.3, 0.4) is 0 Å². The summed E-state index contributed by atoms with van der Waals surface area (Å²) in [4.78, 5) is 23.7. The minimum absolute atomic E-state index is 0.166. The van der Waals surface area contributed by atoms with Crippen LogP contribution in [0.4, 0.5) is 22.7 Å². The van der Waals surface area contributed by atoms with Gasteiger partial charge < -0.3 is 38.0 Å². The van der Waals surface area contributed by atoms with E-state index >= 15 is 0 Å². The molecule has 546 valence electrons. The molecule has 15 aromatic rings. The Kier molecular flexibility index (Phi) is 21.6. The monoisotopic (exact) mass is 1440 g/mol. The maximum atomic E-state index is 9.90. The van der Waals surface area contributed by atoms with Crippen LogP contribution >= 0.6 is 0 Å². The van der Waals surface area contributed by atoms with Crippen molar-refractivity contribution in [2.24, 2.45) is 0 Å². The van der Waals surface area contributed by atoms with Crippen molar-refractivity contribution in [1.82, 2.24) is 28.2 Å². The number of nitrogens with zero attached hydrogens (tertiary/aromatic N) is 10. The Bertz CT molecular complexity index is 6030. The normalized spacial score (nSPS) is 13.1. The number of pyridine rings is 2. The molecular formula is C96H88N10O4. The first-order valence-electron chi connectivity index (χ1n) is 36.9. The van der Waals surface area contributed by atoms with Crippen molar-refractivity contribution in [3.05, 3.63) is 320 Å². The molecular weight excluding hydrogens is 1360 g/mol. The first-order chi connectivity index (χ1) is 53.0. The summed E-state index contributed by atoms with van der Waals surface area (Å²) in [6.45, 7) is 55.0. The summed E-state index contributed by atoms with van der Waals surface area (Å²) >= 11 is 0. The maximum Gasteiger partial charge on any atom is 0.190 e. The number of aromatic nitrogens is 6. The van der Waals surface area contributed by atoms with Crippen LogP contribution in [0.15, 0.2) is 207 Å². The quantitative estimate of drug-likeness (QED) is 0.132. The fraction of sp³-hybridized carbons (Fsp3) is 0.208. The number of aliphatic hydroxyl groups excluding tert-OH is 1. The highest BCUT2D eigenvalue weighted by atomic mass is 16.5. The molecule has 0 spiro atoms. The lowest BCUT2D eigenvalue weighted by atomic mass is 9.93. The van der Waals surface area contributed by atoms with Crippen LogP contribution in [0.5, 0.6) is 17.2 Å². The molecule has 6 heterocycles. The molecule has 0 amide bonds. The van der Waals surface area contributed by atoms with E-state index in [4.69, 9.17) is 35.8 Å². The molecule has 0 aliphatic heterocycles. The molecule has 0 unspecified atom stereocenters. The standard InChI is InChI=1S/C25H22N2O.C24H21N3O.C24H20N2O.C23H25N3O/c1-16-7-6-8-21(18(16)3)23-15-27(19-9-11-20(28-5)12-10-19)25-13-17(2)24(26-4)14-22(23)25;1-15-10-24-20(11-23(15)25-4)22(21-13-26-12-16(2)17(21)3)14-27(24)18-6-8-19(28-5)9-7-18;1-15-6-5-7-20(17(15)3)22-14-26(18-8-10-19(27)11-9-18)24-12-16(2)23(25-4)13-21(22)24;1-14-9-23-19(10-22(14)24-4)21(20-12-25-11-15(2)16(20)3)13-26(23)17-5-7-18(27)8-6-17/h6-15H,1-3,5H3;6-14H,1-3,5H3;5-14,27H,1-3H3;9-13,17-18,27H,5-8H2,1-3H3. The van der Waals surface area contributed by atoms with Gasteiger partial charge in [-0.2, -0.15) is 0 Å². The van der Waals surface area contributed by atoms with Crippen LogP contribution in [0.25, 0.3) is 125 Å². The first-order valence-corrected chi connectivity index (χ1v) is 36.9. The van der Waals surface area contributed by atoms with E-state index in [1.807, 2.05) is 125 Å². The number of hydrogen-bond acceptors (Lipinski definition) is 6. The molecule has 16 rings (SSSR count). The molecule has 0 bridgehead atoms. The summed E-state index contributed by atoms with van der Waals surface area (Å²) in [7, 11) is 3.34. The van der Waals surface area contributed by atoms with Crippen molar-refractivity contribution in [2.75, 3.05) is 14.2 Å². The summed E-state index contributed by atoms with van der Waals surface area (Å²) in [6, 6.07) is 52.8. The summed E-state index contributed by atoms with van der Waals surface area (Å²) in [5.74, 6) is 1.91. The maximum absolute atomic E-state index is 9.90. The molecule has 2 N–H and O–H groups in total. The van der Waals surface area contributed by atoms with Crippen LogP contribution in [0.2, 0.25) is 0 Å². The highest BCUT2D eigenvalue weighted by molar-refractivity contribution is 6.04. The van der Waals surface area contributed by atoms with E-state index in [9.17, 15) is 10.2 Å². The minimum atomic E-state index is -0.166. The van der Waals surface area contributed by atoms with Gasteiger partial charge in [0, 0.05) is 112 Å². The lowest BCUT2D eigenvalue weighted by molar-refractivity contribution is 0.111. The van der Waals surface area contributed by atoms with Crippen LogP contribution in [-0.2, 0) is 0 Å². The number of hydrogen-bond donors (Lipinski definition) is 2. The SMILES string of the molecule is [C-]#[N+]c1cc2c(-c3cccc(C)c3C)cn(-c3ccc(O)cc3)c2cc1C.[C-]#[N+]c1cc2c(-c3cccc(C)c3C)cn(-c3ccc(OC)cc3)c2cc1C.[C-]#[N+]c1cc2c(-c3cncc(C)c3C)cn(-c3ccc(OC)cc3)c2cc1C.[C-]#[N+]c1cc2c(-c3cncc(C)c3C)cn(C3CCC(O)CC3)c2cc1C. The van der Waals surface area contributed by atoms with Crippen molar-refractivity contribution in [1.29, 1.82) is 0 Å². The fourth-order valence-electron chi connectivity index (χ4n) is 15.1. The smallest absolute Gasteiger partial charge is 0.190 e. The third kappa shape index (κ3) is 14.6. The molecule has 1 aliphatic rings. The van der Waals surface area contributed by atoms with Crippen molar-refractivity contribution < 1.29 is 19.7 Å². The number of methoxy groups -OCH3 is 2. The van der Waals surface area contributed by atoms with Crippen molar-refractivity contribution in [2.45, 2.75) is 121 Å². The lowest BCUT2D eigenvalue weighted by Crippen LogP contribution is -2.20. The average molecular weight is 1450 g/mol. The van der Waals surface area contributed by atoms with E-state index in [2.05, 4.69) is 201 Å². The number of phenolic OH excluding ortho intramolecular Hbond substituents is 1. The van der Waals surface area contributed by atoms with Gasteiger partial charge in [0.1, 0.15) is 17.2 Å². The first kappa shape index (κ1) is 75.0. The predicted octanol–water partition coefficient (Wildman–Crippen LogP) is 25.1. The van der Waals surface area contributed by atoms with Gasteiger partial charge in [-0.1, -0.05) is 36.4 Å². The number of ether oxygens (including phenoxy) is 2. The van der Waals surface area contributed by atoms with Crippen LogP contribution in [-0.4, -0.2) is 58.8 Å². The summed E-state index contributed by atoms with van der Waals surface area (Å²) in [6.07, 6.45) is 19.8. The molecule has 9 aromatic carbocycles. The Morgan fingerprint density at radius 2 is 0.664 bits per heavy atom. The molecule has 0 atom stereocenters. The van der Waals surface area contributed by atoms with Crippen LogP contribution in [0.1, 0.15) is 98.5 Å². The molecule has 110 heavy (non-hydrogen) atoms. The van der Waals surface area contributed by atoms with Crippen molar-refractivity contribution in [3.8, 4) is 78.8 Å². The number of rotatable bonds is 10. The topological polar surface area (TPSA) is 122 Å². The molecule has 14 heteroatoms. The second-order valence-corrected chi connectivity index (χ2v) is 28.9. The lowest BCUT2D eigenvalue weighted by Gasteiger charge is -2.27. The fourth-order valence-corrected chi connectivity index (χ4v) is 15.1. The third-order valence-electron chi connectivity index (χ3n) is 22.2. The zero-order valence-corrected chi connectivity index (χ0v) is 64.8. The van der Waals surface area contributed by atoms with Gasteiger partial charge in [-0.15, -0.1) is 0 Å². The van der Waals surface area contributed by atoms with Crippen LogP contribution in [0, 0.1) is 109 Å². The van der Waals surface area contributed by atoms with E-state index in [-0.39, 0.29) is 11.9 Å². The summed E-state index contributed by atoms with van der Waals surface area (Å²) < 4.78 is 19.5. The van der Waals surface area contributed by atoms with Crippen molar-refractivity contribution in [3.63, 3.8) is 0 Å². The van der Waals surface area contributed by atoms with Gasteiger partial charge in [0.15, 0.2) is 22.7 Å². The van der Waals surface area contributed by atoms with E-state index in [0.717, 1.165) is 154 Å². The molecule has 1 aliphatic carbocycles. The molecule has 1 fully saturated rings. The Morgan fingerprint density at radius 1 is 0.345 bits per heavy atom. The minimum Gasteiger partial charge on any atom is -0.508 e.